The van der Waals surface area contributed by atoms with Gasteiger partial charge >= 0.3 is 0 Å². The largest absolute Gasteiger partial charge is 0.313 e. The lowest BCUT2D eigenvalue weighted by Crippen LogP contribution is -2.17. The summed E-state index contributed by atoms with van der Waals surface area (Å²) in [7, 11) is 0. The Morgan fingerprint density at radius 1 is 1.35 bits per heavy atom. The van der Waals surface area contributed by atoms with Crippen LogP contribution in [0.4, 0.5) is 4.39 Å². The van der Waals surface area contributed by atoms with Crippen molar-refractivity contribution in [3.8, 4) is 0 Å². The van der Waals surface area contributed by atoms with Gasteiger partial charge in [-0.05, 0) is 55.5 Å². The minimum Gasteiger partial charge on any atom is -0.313 e. The van der Waals surface area contributed by atoms with Crippen molar-refractivity contribution >= 4 is 11.8 Å². The average molecular weight is 295 g/mol. The molecule has 112 valence electrons. The first-order valence-corrected chi connectivity index (χ1v) is 8.72. The van der Waals surface area contributed by atoms with E-state index < -0.39 is 0 Å². The molecule has 0 bridgehead atoms. The van der Waals surface area contributed by atoms with E-state index in [9.17, 15) is 4.39 Å². The first-order valence-electron chi connectivity index (χ1n) is 7.84. The zero-order valence-corrected chi connectivity index (χ0v) is 13.4. The van der Waals surface area contributed by atoms with Crippen molar-refractivity contribution in [3.05, 3.63) is 29.6 Å². The van der Waals surface area contributed by atoms with Gasteiger partial charge in [0.05, 0.1) is 0 Å². The van der Waals surface area contributed by atoms with E-state index in [1.165, 1.54) is 30.6 Å². The number of hydrogen-bond acceptors (Lipinski definition) is 2. The molecule has 0 amide bonds. The number of halogens is 1. The molecule has 0 spiro atoms. The molecule has 0 radical (unpaired) electrons. The molecule has 1 aliphatic rings. The summed E-state index contributed by atoms with van der Waals surface area (Å²) in [6.07, 6.45) is 6.41. The molecule has 2 rings (SSSR count). The summed E-state index contributed by atoms with van der Waals surface area (Å²) in [4.78, 5) is 1.26. The minimum atomic E-state index is -0.125. The predicted octanol–water partition coefficient (Wildman–Crippen LogP) is 5.00. The highest BCUT2D eigenvalue weighted by atomic mass is 32.2. The van der Waals surface area contributed by atoms with E-state index >= 15 is 0 Å². The Morgan fingerprint density at radius 3 is 2.95 bits per heavy atom. The highest BCUT2D eigenvalue weighted by Gasteiger charge is 2.20. The van der Waals surface area contributed by atoms with E-state index in [0.29, 0.717) is 5.25 Å². The van der Waals surface area contributed by atoms with E-state index in [0.717, 1.165) is 31.0 Å². The third kappa shape index (κ3) is 4.78. The molecule has 1 fully saturated rings. The molecule has 1 nitrogen and oxygen atoms in total. The first-order chi connectivity index (χ1) is 9.69. The summed E-state index contributed by atoms with van der Waals surface area (Å²) in [5, 5.41) is 4.09. The van der Waals surface area contributed by atoms with Crippen molar-refractivity contribution in [2.24, 2.45) is 5.92 Å². The van der Waals surface area contributed by atoms with Crippen molar-refractivity contribution in [1.29, 1.82) is 0 Å². The second-order valence-corrected chi connectivity index (χ2v) is 7.28. The molecule has 1 saturated carbocycles. The molecule has 1 aromatic carbocycles. The summed E-state index contributed by atoms with van der Waals surface area (Å²) in [5.41, 5.74) is 1.11. The molecule has 3 heteroatoms. The molecule has 2 unspecified atom stereocenters. The van der Waals surface area contributed by atoms with Crippen LogP contribution in [0.1, 0.15) is 51.5 Å². The first kappa shape index (κ1) is 15.8. The van der Waals surface area contributed by atoms with Crippen LogP contribution >= 0.6 is 11.8 Å². The van der Waals surface area contributed by atoms with Crippen LogP contribution in [0, 0.1) is 11.7 Å². The van der Waals surface area contributed by atoms with E-state index in [2.05, 4.69) is 19.2 Å². The molecular formula is C17H26FNS. The Balaban J connectivity index is 2.01. The van der Waals surface area contributed by atoms with Crippen LogP contribution in [0.25, 0.3) is 0 Å². The highest BCUT2D eigenvalue weighted by molar-refractivity contribution is 8.00. The molecular weight excluding hydrogens is 269 g/mol. The van der Waals surface area contributed by atoms with Gasteiger partial charge in [0.2, 0.25) is 0 Å². The lowest BCUT2D eigenvalue weighted by atomic mass is 9.91. The summed E-state index contributed by atoms with van der Waals surface area (Å²) < 4.78 is 13.5. The number of rotatable bonds is 6. The Bertz CT molecular complexity index is 421. The zero-order chi connectivity index (χ0) is 14.4. The number of benzene rings is 1. The van der Waals surface area contributed by atoms with Gasteiger partial charge in [0.25, 0.3) is 0 Å². The fraction of sp³-hybridized carbons (Fsp3) is 0.647. The van der Waals surface area contributed by atoms with Crippen LogP contribution in [0.5, 0.6) is 0 Å². The zero-order valence-electron chi connectivity index (χ0n) is 12.6. The molecule has 2 atom stereocenters. The van der Waals surface area contributed by atoms with E-state index in [-0.39, 0.29) is 5.82 Å². The quantitative estimate of drug-likeness (QED) is 0.741. The monoisotopic (exact) mass is 295 g/mol. The van der Waals surface area contributed by atoms with Crippen LogP contribution in [-0.2, 0) is 6.54 Å². The maximum Gasteiger partial charge on any atom is 0.123 e. The molecule has 0 aromatic heterocycles. The van der Waals surface area contributed by atoms with Gasteiger partial charge in [0.1, 0.15) is 5.82 Å². The molecule has 1 aromatic rings. The van der Waals surface area contributed by atoms with Crippen molar-refractivity contribution < 1.29 is 4.39 Å². The average Bonchev–Trinajstić information content (AvgIpc) is 2.42. The van der Waals surface area contributed by atoms with Gasteiger partial charge < -0.3 is 5.32 Å². The topological polar surface area (TPSA) is 12.0 Å². The second kappa shape index (κ2) is 8.04. The third-order valence-corrected chi connectivity index (χ3v) is 5.36. The number of hydrogen-bond donors (Lipinski definition) is 1. The number of thioether (sulfide) groups is 1. The third-order valence-electron chi connectivity index (χ3n) is 3.95. The second-order valence-electron chi connectivity index (χ2n) is 5.94. The van der Waals surface area contributed by atoms with E-state index in [1.807, 2.05) is 17.8 Å². The van der Waals surface area contributed by atoms with Gasteiger partial charge in [0, 0.05) is 16.7 Å². The normalized spacial score (nSPS) is 22.9. The molecule has 1 aliphatic carbocycles. The van der Waals surface area contributed by atoms with Crippen LogP contribution < -0.4 is 5.32 Å². The van der Waals surface area contributed by atoms with Gasteiger partial charge in [-0.1, -0.05) is 26.7 Å². The fourth-order valence-electron chi connectivity index (χ4n) is 2.87. The Kier molecular flexibility index (Phi) is 6.37. The Labute approximate surface area is 126 Å². The van der Waals surface area contributed by atoms with E-state index in [4.69, 9.17) is 0 Å². The smallest absolute Gasteiger partial charge is 0.123 e. The van der Waals surface area contributed by atoms with Crippen molar-refractivity contribution in [1.82, 2.24) is 5.32 Å². The van der Waals surface area contributed by atoms with Gasteiger partial charge in [-0.3, -0.25) is 0 Å². The molecule has 0 saturated heterocycles. The Morgan fingerprint density at radius 2 is 2.20 bits per heavy atom. The van der Waals surface area contributed by atoms with Gasteiger partial charge in [-0.25, -0.2) is 4.39 Å². The van der Waals surface area contributed by atoms with Crippen LogP contribution in [-0.4, -0.2) is 11.8 Å². The molecule has 20 heavy (non-hydrogen) atoms. The van der Waals surface area contributed by atoms with Crippen molar-refractivity contribution in [2.75, 3.05) is 6.54 Å². The van der Waals surface area contributed by atoms with Gasteiger partial charge in [-0.15, -0.1) is 11.8 Å². The molecule has 0 heterocycles. The maximum atomic E-state index is 13.5. The van der Waals surface area contributed by atoms with Crippen LogP contribution in [0.2, 0.25) is 0 Å². The molecule has 0 aliphatic heterocycles. The van der Waals surface area contributed by atoms with Gasteiger partial charge in [-0.2, -0.15) is 0 Å². The van der Waals surface area contributed by atoms with E-state index in [1.54, 1.807) is 12.1 Å². The van der Waals surface area contributed by atoms with Gasteiger partial charge in [0.15, 0.2) is 0 Å². The van der Waals surface area contributed by atoms with Crippen LogP contribution in [0.15, 0.2) is 23.1 Å². The van der Waals surface area contributed by atoms with Crippen molar-refractivity contribution in [3.63, 3.8) is 0 Å². The van der Waals surface area contributed by atoms with Crippen molar-refractivity contribution in [2.45, 2.75) is 62.6 Å². The minimum absolute atomic E-state index is 0.125. The lowest BCUT2D eigenvalue weighted by Gasteiger charge is -2.27. The summed E-state index contributed by atoms with van der Waals surface area (Å²) in [6, 6.07) is 5.25. The SMILES string of the molecule is CCCNCc1cc(F)ccc1SC1CCCC(C)C1. The summed E-state index contributed by atoms with van der Waals surface area (Å²) in [5.74, 6) is 0.711. The predicted molar refractivity (Wildman–Crippen MR) is 85.7 cm³/mol. The molecule has 1 N–H and O–H groups in total. The maximum absolute atomic E-state index is 13.5. The summed E-state index contributed by atoms with van der Waals surface area (Å²) >= 11 is 1.95. The highest BCUT2D eigenvalue weighted by Crippen LogP contribution is 2.37. The van der Waals surface area contributed by atoms with Crippen LogP contribution in [0.3, 0.4) is 0 Å². The lowest BCUT2D eigenvalue weighted by molar-refractivity contribution is 0.394. The summed E-state index contributed by atoms with van der Waals surface area (Å²) in [6.45, 7) is 6.26. The Hall–Kier alpha value is -0.540. The standard InChI is InChI=1S/C17H26FNS/c1-3-9-19-12-14-11-15(18)7-8-17(14)20-16-6-4-5-13(2)10-16/h7-8,11,13,16,19H,3-6,9-10,12H2,1-2H3. The number of nitrogens with one attached hydrogen (secondary N) is 1. The fourth-order valence-corrected chi connectivity index (χ4v) is 4.36.